The van der Waals surface area contributed by atoms with Crippen LogP contribution in [0.25, 0.3) is 0 Å². The number of carbonyl (C=O) groups excluding carboxylic acids is 1. The van der Waals surface area contributed by atoms with Gasteiger partial charge in [0, 0.05) is 11.7 Å². The maximum absolute atomic E-state index is 13.3. The molecule has 0 aliphatic carbocycles. The molecule has 0 aromatic heterocycles. The summed E-state index contributed by atoms with van der Waals surface area (Å²) in [4.78, 5) is 12.2. The molecule has 0 fully saturated rings. The molecular weight excluding hydrogens is 419 g/mol. The van der Waals surface area contributed by atoms with Crippen LogP contribution in [0.5, 0.6) is 5.75 Å². The van der Waals surface area contributed by atoms with Gasteiger partial charge in [-0.05, 0) is 61.4 Å². The van der Waals surface area contributed by atoms with Crippen molar-refractivity contribution in [3.05, 3.63) is 89.7 Å². The number of ether oxygens (including phenoxy) is 1. The molecule has 0 saturated carbocycles. The van der Waals surface area contributed by atoms with Crippen LogP contribution in [0.1, 0.15) is 24.1 Å². The highest BCUT2D eigenvalue weighted by molar-refractivity contribution is 7.89. The van der Waals surface area contributed by atoms with Crippen LogP contribution in [0.2, 0.25) is 0 Å². The van der Waals surface area contributed by atoms with Gasteiger partial charge in [0.1, 0.15) is 11.6 Å². The number of hydrogen-bond donors (Lipinski definition) is 2. The quantitative estimate of drug-likeness (QED) is 0.548. The molecule has 0 aliphatic rings. The number of sulfonamides is 1. The van der Waals surface area contributed by atoms with Crippen LogP contribution in [0.4, 0.5) is 10.1 Å². The van der Waals surface area contributed by atoms with E-state index in [0.717, 1.165) is 11.1 Å². The molecule has 3 aromatic carbocycles. The zero-order valence-corrected chi connectivity index (χ0v) is 17.9. The summed E-state index contributed by atoms with van der Waals surface area (Å²) in [6, 6.07) is 18.7. The number of hydrogen-bond acceptors (Lipinski definition) is 4. The Bertz CT molecular complexity index is 1150. The van der Waals surface area contributed by atoms with E-state index >= 15 is 0 Å². The molecule has 0 aliphatic heterocycles. The largest absolute Gasteiger partial charge is 0.484 e. The van der Waals surface area contributed by atoms with E-state index in [1.807, 2.05) is 30.3 Å². The Hall–Kier alpha value is -3.23. The van der Waals surface area contributed by atoms with E-state index in [4.69, 9.17) is 4.74 Å². The summed E-state index contributed by atoms with van der Waals surface area (Å²) in [6.45, 7) is 3.22. The molecule has 0 heterocycles. The number of amides is 1. The van der Waals surface area contributed by atoms with Crippen LogP contribution in [0.15, 0.2) is 77.7 Å². The molecular formula is C23H23FN2O4S. The maximum Gasteiger partial charge on any atom is 0.262 e. The SMILES string of the molecule is Cc1ccc(F)cc1NC(=O)COc1ccc(S(=O)(=O)N[C@H](C)c2ccccc2)cc1. The first-order valence-electron chi connectivity index (χ1n) is 9.61. The fourth-order valence-corrected chi connectivity index (χ4v) is 4.12. The van der Waals surface area contributed by atoms with Crippen molar-refractivity contribution in [1.82, 2.24) is 4.72 Å². The predicted molar refractivity (Wildman–Crippen MR) is 117 cm³/mol. The van der Waals surface area contributed by atoms with Crippen LogP contribution < -0.4 is 14.8 Å². The van der Waals surface area contributed by atoms with E-state index < -0.39 is 27.8 Å². The molecule has 162 valence electrons. The number of halogens is 1. The number of nitrogens with one attached hydrogen (secondary N) is 2. The lowest BCUT2D eigenvalue weighted by Gasteiger charge is -2.15. The molecule has 0 bridgehead atoms. The standard InChI is InChI=1S/C23H23FN2O4S/c1-16-8-9-19(24)14-22(16)25-23(27)15-30-20-10-12-21(13-11-20)31(28,29)26-17(2)18-6-4-3-5-7-18/h3-14,17,26H,15H2,1-2H3,(H,25,27)/t17-/m1/s1. The first-order valence-corrected chi connectivity index (χ1v) is 11.1. The van der Waals surface area contributed by atoms with Crippen LogP contribution in [0, 0.1) is 12.7 Å². The van der Waals surface area contributed by atoms with E-state index in [2.05, 4.69) is 10.0 Å². The minimum atomic E-state index is -3.73. The average Bonchev–Trinajstić information content (AvgIpc) is 2.75. The molecule has 1 atom stereocenters. The lowest BCUT2D eigenvalue weighted by Crippen LogP contribution is -2.26. The van der Waals surface area contributed by atoms with Crippen LogP contribution >= 0.6 is 0 Å². The first-order chi connectivity index (χ1) is 14.7. The third kappa shape index (κ3) is 6.13. The summed E-state index contributed by atoms with van der Waals surface area (Å²) in [7, 11) is -3.73. The normalized spacial score (nSPS) is 12.2. The number of aryl methyl sites for hydroxylation is 1. The highest BCUT2D eigenvalue weighted by atomic mass is 32.2. The van der Waals surface area contributed by atoms with Gasteiger partial charge in [0.05, 0.1) is 4.90 Å². The second-order valence-electron chi connectivity index (χ2n) is 7.02. The van der Waals surface area contributed by atoms with Gasteiger partial charge in [0.2, 0.25) is 10.0 Å². The van der Waals surface area contributed by atoms with Gasteiger partial charge in [-0.3, -0.25) is 4.79 Å². The number of carbonyl (C=O) groups is 1. The Morgan fingerprint density at radius 3 is 2.39 bits per heavy atom. The van der Waals surface area contributed by atoms with Crippen molar-refractivity contribution >= 4 is 21.6 Å². The summed E-state index contributed by atoms with van der Waals surface area (Å²) >= 11 is 0. The summed E-state index contributed by atoms with van der Waals surface area (Å²) in [6.07, 6.45) is 0. The Labute approximate surface area is 181 Å². The molecule has 0 unspecified atom stereocenters. The predicted octanol–water partition coefficient (Wildman–Crippen LogP) is 4.19. The minimum Gasteiger partial charge on any atom is -0.484 e. The van der Waals surface area contributed by atoms with Crippen molar-refractivity contribution in [1.29, 1.82) is 0 Å². The molecule has 1 amide bonds. The van der Waals surface area contributed by atoms with E-state index in [-0.39, 0.29) is 11.5 Å². The van der Waals surface area contributed by atoms with Crippen molar-refractivity contribution < 1.29 is 22.3 Å². The van der Waals surface area contributed by atoms with Crippen molar-refractivity contribution in [2.45, 2.75) is 24.8 Å². The van der Waals surface area contributed by atoms with Gasteiger partial charge >= 0.3 is 0 Å². The number of rotatable bonds is 8. The number of benzene rings is 3. The summed E-state index contributed by atoms with van der Waals surface area (Å²) < 4.78 is 46.6. The zero-order chi connectivity index (χ0) is 22.4. The second kappa shape index (κ2) is 9.72. The second-order valence-corrected chi connectivity index (χ2v) is 8.74. The maximum atomic E-state index is 13.3. The molecule has 2 N–H and O–H groups in total. The van der Waals surface area contributed by atoms with Crippen LogP contribution in [-0.2, 0) is 14.8 Å². The average molecular weight is 443 g/mol. The fraction of sp³-hybridized carbons (Fsp3) is 0.174. The van der Waals surface area contributed by atoms with E-state index in [9.17, 15) is 17.6 Å². The number of anilines is 1. The molecule has 0 spiro atoms. The van der Waals surface area contributed by atoms with Gasteiger partial charge in [-0.25, -0.2) is 17.5 Å². The van der Waals surface area contributed by atoms with Crippen molar-refractivity contribution in [2.75, 3.05) is 11.9 Å². The van der Waals surface area contributed by atoms with Gasteiger partial charge in [0.25, 0.3) is 5.91 Å². The van der Waals surface area contributed by atoms with Crippen molar-refractivity contribution in [3.63, 3.8) is 0 Å². The van der Waals surface area contributed by atoms with E-state index in [1.54, 1.807) is 19.9 Å². The van der Waals surface area contributed by atoms with Crippen molar-refractivity contribution in [3.8, 4) is 5.75 Å². The molecule has 3 rings (SSSR count). The van der Waals surface area contributed by atoms with E-state index in [0.29, 0.717) is 11.4 Å². The molecule has 3 aromatic rings. The van der Waals surface area contributed by atoms with Crippen LogP contribution in [0.3, 0.4) is 0 Å². The third-order valence-electron chi connectivity index (χ3n) is 4.61. The molecule has 6 nitrogen and oxygen atoms in total. The lowest BCUT2D eigenvalue weighted by atomic mass is 10.1. The van der Waals surface area contributed by atoms with Gasteiger partial charge < -0.3 is 10.1 Å². The fourth-order valence-electron chi connectivity index (χ4n) is 2.89. The smallest absolute Gasteiger partial charge is 0.262 e. The summed E-state index contributed by atoms with van der Waals surface area (Å²) in [5.41, 5.74) is 1.95. The minimum absolute atomic E-state index is 0.0856. The zero-order valence-electron chi connectivity index (χ0n) is 17.1. The van der Waals surface area contributed by atoms with Gasteiger partial charge in [-0.15, -0.1) is 0 Å². The Balaban J connectivity index is 1.58. The van der Waals surface area contributed by atoms with E-state index in [1.165, 1.54) is 36.4 Å². The Morgan fingerprint density at radius 1 is 1.03 bits per heavy atom. The van der Waals surface area contributed by atoms with Gasteiger partial charge in [-0.1, -0.05) is 36.4 Å². The third-order valence-corrected chi connectivity index (χ3v) is 6.17. The van der Waals surface area contributed by atoms with Crippen LogP contribution in [-0.4, -0.2) is 20.9 Å². The van der Waals surface area contributed by atoms with Gasteiger partial charge in [0.15, 0.2) is 6.61 Å². The molecule has 31 heavy (non-hydrogen) atoms. The monoisotopic (exact) mass is 442 g/mol. The Morgan fingerprint density at radius 2 is 1.71 bits per heavy atom. The first kappa shape index (κ1) is 22.5. The highest BCUT2D eigenvalue weighted by Crippen LogP contribution is 2.20. The summed E-state index contributed by atoms with van der Waals surface area (Å²) in [5, 5.41) is 2.58. The van der Waals surface area contributed by atoms with Crippen molar-refractivity contribution in [2.24, 2.45) is 0 Å². The molecule has 0 radical (unpaired) electrons. The summed E-state index contributed by atoms with van der Waals surface area (Å²) in [5.74, 6) is -0.571. The molecule has 0 saturated heterocycles. The van der Waals surface area contributed by atoms with Gasteiger partial charge in [-0.2, -0.15) is 0 Å². The molecule has 8 heteroatoms. The topological polar surface area (TPSA) is 84.5 Å². The highest BCUT2D eigenvalue weighted by Gasteiger charge is 2.18. The Kier molecular flexibility index (Phi) is 7.04. The lowest BCUT2D eigenvalue weighted by molar-refractivity contribution is -0.118.